The molecule has 0 radical (unpaired) electrons. The molecule has 2 aromatic rings. The van der Waals surface area contributed by atoms with Gasteiger partial charge in [0.25, 0.3) is 5.91 Å². The molecule has 5 heteroatoms. The Bertz CT molecular complexity index is 558. The largest absolute Gasteiger partial charge is 0.337 e. The molecule has 98 valence electrons. The van der Waals surface area contributed by atoms with Crippen LogP contribution in [-0.2, 0) is 0 Å². The van der Waals surface area contributed by atoms with E-state index in [9.17, 15) is 4.79 Å². The number of para-hydroxylation sites is 1. The Balaban J connectivity index is 1.79. The second kappa shape index (κ2) is 5.22. The smallest absolute Gasteiger partial charge is 0.276 e. The molecule has 0 bridgehead atoms. The Kier molecular flexibility index (Phi) is 3.27. The van der Waals surface area contributed by atoms with Gasteiger partial charge < -0.3 is 4.90 Å². The first-order chi connectivity index (χ1) is 9.34. The number of rotatable bonds is 2. The summed E-state index contributed by atoms with van der Waals surface area (Å²) in [6.07, 6.45) is 4.92. The maximum Gasteiger partial charge on any atom is 0.276 e. The van der Waals surface area contributed by atoms with E-state index in [-0.39, 0.29) is 5.91 Å². The van der Waals surface area contributed by atoms with E-state index >= 15 is 0 Å². The first kappa shape index (κ1) is 11.9. The number of hydrogen-bond acceptors (Lipinski definition) is 3. The standard InChI is InChI=1S/C14H16N4O/c19-14(17-9-5-2-6-10-17)13-11-15-18(16-13)12-7-3-1-4-8-12/h1,3-4,7-8,11H,2,5-6,9-10H2. The Hall–Kier alpha value is -2.17. The predicted molar refractivity (Wildman–Crippen MR) is 71.1 cm³/mol. The Morgan fingerprint density at radius 3 is 2.53 bits per heavy atom. The summed E-state index contributed by atoms with van der Waals surface area (Å²) in [6.45, 7) is 1.66. The molecule has 1 fully saturated rings. The third kappa shape index (κ3) is 2.50. The minimum atomic E-state index is -0.0121. The summed E-state index contributed by atoms with van der Waals surface area (Å²) < 4.78 is 0. The van der Waals surface area contributed by atoms with Crippen LogP contribution in [0.5, 0.6) is 0 Å². The zero-order valence-electron chi connectivity index (χ0n) is 10.7. The highest BCUT2D eigenvalue weighted by molar-refractivity contribution is 5.92. The summed E-state index contributed by atoms with van der Waals surface area (Å²) in [5.74, 6) is -0.0121. The monoisotopic (exact) mass is 256 g/mol. The second-order valence-corrected chi connectivity index (χ2v) is 4.71. The molecular formula is C14H16N4O. The van der Waals surface area contributed by atoms with E-state index in [1.807, 2.05) is 35.2 Å². The van der Waals surface area contributed by atoms with Crippen molar-refractivity contribution >= 4 is 5.91 Å². The number of piperidine rings is 1. The van der Waals surface area contributed by atoms with Gasteiger partial charge >= 0.3 is 0 Å². The molecule has 0 spiro atoms. The number of nitrogens with zero attached hydrogens (tertiary/aromatic N) is 4. The number of amides is 1. The van der Waals surface area contributed by atoms with Gasteiger partial charge in [0.2, 0.25) is 0 Å². The highest BCUT2D eigenvalue weighted by Gasteiger charge is 2.20. The van der Waals surface area contributed by atoms with E-state index in [1.54, 1.807) is 6.20 Å². The van der Waals surface area contributed by atoms with Crippen molar-refractivity contribution in [2.75, 3.05) is 13.1 Å². The van der Waals surface area contributed by atoms with Gasteiger partial charge in [0.15, 0.2) is 5.69 Å². The number of hydrogen-bond donors (Lipinski definition) is 0. The summed E-state index contributed by atoms with van der Waals surface area (Å²) >= 11 is 0. The van der Waals surface area contributed by atoms with Gasteiger partial charge in [0.05, 0.1) is 11.9 Å². The first-order valence-corrected chi connectivity index (χ1v) is 6.61. The maximum absolute atomic E-state index is 12.3. The average molecular weight is 256 g/mol. The number of benzene rings is 1. The van der Waals surface area contributed by atoms with E-state index in [4.69, 9.17) is 0 Å². The molecule has 1 saturated heterocycles. The molecule has 1 aliphatic heterocycles. The molecule has 19 heavy (non-hydrogen) atoms. The van der Waals surface area contributed by atoms with Crippen LogP contribution in [0.15, 0.2) is 36.5 Å². The van der Waals surface area contributed by atoms with Crippen molar-refractivity contribution in [1.29, 1.82) is 0 Å². The van der Waals surface area contributed by atoms with E-state index in [0.717, 1.165) is 31.6 Å². The van der Waals surface area contributed by atoms with Crippen LogP contribution in [0.2, 0.25) is 0 Å². The first-order valence-electron chi connectivity index (χ1n) is 6.61. The van der Waals surface area contributed by atoms with Gasteiger partial charge in [-0.2, -0.15) is 9.90 Å². The van der Waals surface area contributed by atoms with Crippen molar-refractivity contribution in [2.45, 2.75) is 19.3 Å². The lowest BCUT2D eigenvalue weighted by Gasteiger charge is -2.25. The van der Waals surface area contributed by atoms with Crippen LogP contribution in [0.1, 0.15) is 29.8 Å². The maximum atomic E-state index is 12.3. The zero-order chi connectivity index (χ0) is 13.1. The quantitative estimate of drug-likeness (QED) is 0.824. The molecule has 0 atom stereocenters. The lowest BCUT2D eigenvalue weighted by molar-refractivity contribution is 0.0718. The van der Waals surface area contributed by atoms with Crippen LogP contribution in [0.4, 0.5) is 0 Å². The Labute approximate surface area is 111 Å². The van der Waals surface area contributed by atoms with Crippen molar-refractivity contribution in [2.24, 2.45) is 0 Å². The Morgan fingerprint density at radius 1 is 1.05 bits per heavy atom. The molecule has 1 aliphatic rings. The summed E-state index contributed by atoms with van der Waals surface area (Å²) in [5, 5.41) is 8.43. The number of likely N-dealkylation sites (tertiary alicyclic amines) is 1. The summed E-state index contributed by atoms with van der Waals surface area (Å²) in [6, 6.07) is 9.60. The van der Waals surface area contributed by atoms with E-state index in [0.29, 0.717) is 5.69 Å². The molecule has 5 nitrogen and oxygen atoms in total. The zero-order valence-corrected chi connectivity index (χ0v) is 10.7. The van der Waals surface area contributed by atoms with Gasteiger partial charge in [-0.15, -0.1) is 5.10 Å². The third-order valence-electron chi connectivity index (χ3n) is 3.34. The van der Waals surface area contributed by atoms with Crippen LogP contribution in [0.25, 0.3) is 5.69 Å². The van der Waals surface area contributed by atoms with E-state index in [2.05, 4.69) is 10.2 Å². The molecule has 0 aliphatic carbocycles. The SMILES string of the molecule is O=C(c1cnn(-c2ccccc2)n1)N1CCCCC1. The van der Waals surface area contributed by atoms with Crippen molar-refractivity contribution < 1.29 is 4.79 Å². The number of carbonyl (C=O) groups excluding carboxylic acids is 1. The summed E-state index contributed by atoms with van der Waals surface area (Å²) in [4.78, 5) is 15.6. The average Bonchev–Trinajstić information content (AvgIpc) is 2.98. The lowest BCUT2D eigenvalue weighted by Crippen LogP contribution is -2.35. The van der Waals surface area contributed by atoms with Gasteiger partial charge in [0, 0.05) is 13.1 Å². The van der Waals surface area contributed by atoms with Crippen molar-refractivity contribution in [3.05, 3.63) is 42.2 Å². The van der Waals surface area contributed by atoms with Crippen molar-refractivity contribution in [3.8, 4) is 5.69 Å². The number of aromatic nitrogens is 3. The minimum Gasteiger partial charge on any atom is -0.337 e. The number of carbonyl (C=O) groups is 1. The summed E-state index contributed by atoms with van der Waals surface area (Å²) in [5.41, 5.74) is 1.28. The van der Waals surface area contributed by atoms with Crippen LogP contribution in [0.3, 0.4) is 0 Å². The fourth-order valence-electron chi connectivity index (χ4n) is 2.31. The molecule has 0 unspecified atom stereocenters. The van der Waals surface area contributed by atoms with Gasteiger partial charge in [-0.05, 0) is 31.4 Å². The highest BCUT2D eigenvalue weighted by Crippen LogP contribution is 2.12. The van der Waals surface area contributed by atoms with E-state index < -0.39 is 0 Å². The normalized spacial score (nSPS) is 15.5. The fraction of sp³-hybridized carbons (Fsp3) is 0.357. The molecule has 1 aromatic carbocycles. The summed E-state index contributed by atoms with van der Waals surface area (Å²) in [7, 11) is 0. The second-order valence-electron chi connectivity index (χ2n) is 4.71. The minimum absolute atomic E-state index is 0.0121. The van der Waals surface area contributed by atoms with Gasteiger partial charge in [-0.3, -0.25) is 4.79 Å². The van der Waals surface area contributed by atoms with Crippen LogP contribution in [0, 0.1) is 0 Å². The van der Waals surface area contributed by atoms with E-state index in [1.165, 1.54) is 11.2 Å². The van der Waals surface area contributed by atoms with Gasteiger partial charge in [0.1, 0.15) is 0 Å². The molecule has 0 N–H and O–H groups in total. The molecule has 0 saturated carbocycles. The molecule has 2 heterocycles. The topological polar surface area (TPSA) is 51.0 Å². The van der Waals surface area contributed by atoms with Crippen LogP contribution < -0.4 is 0 Å². The molecule has 3 rings (SSSR count). The lowest BCUT2D eigenvalue weighted by atomic mass is 10.1. The Morgan fingerprint density at radius 2 is 1.79 bits per heavy atom. The van der Waals surface area contributed by atoms with Crippen LogP contribution in [-0.4, -0.2) is 38.9 Å². The van der Waals surface area contributed by atoms with Crippen molar-refractivity contribution in [1.82, 2.24) is 19.9 Å². The predicted octanol–water partition coefficient (Wildman–Crippen LogP) is 1.89. The highest BCUT2D eigenvalue weighted by atomic mass is 16.2. The van der Waals surface area contributed by atoms with Crippen molar-refractivity contribution in [3.63, 3.8) is 0 Å². The van der Waals surface area contributed by atoms with Crippen LogP contribution >= 0.6 is 0 Å². The third-order valence-corrected chi connectivity index (χ3v) is 3.34. The molecule has 1 aromatic heterocycles. The van der Waals surface area contributed by atoms with Gasteiger partial charge in [-0.25, -0.2) is 0 Å². The molecular weight excluding hydrogens is 240 g/mol. The fourth-order valence-corrected chi connectivity index (χ4v) is 2.31. The molecule has 1 amide bonds. The van der Waals surface area contributed by atoms with Gasteiger partial charge in [-0.1, -0.05) is 18.2 Å².